The van der Waals surface area contributed by atoms with Gasteiger partial charge in [-0.2, -0.15) is 0 Å². The summed E-state index contributed by atoms with van der Waals surface area (Å²) in [6.07, 6.45) is 2.02. The van der Waals surface area contributed by atoms with Crippen molar-refractivity contribution in [1.29, 1.82) is 0 Å². The summed E-state index contributed by atoms with van der Waals surface area (Å²) >= 11 is 0. The van der Waals surface area contributed by atoms with Crippen molar-refractivity contribution in [1.82, 2.24) is 30.2 Å². The molecule has 0 saturated heterocycles. The van der Waals surface area contributed by atoms with E-state index < -0.39 is 0 Å². The minimum absolute atomic E-state index is 0.172. The third-order valence-corrected chi connectivity index (χ3v) is 3.71. The normalized spacial score (nSPS) is 10.6. The van der Waals surface area contributed by atoms with Crippen LogP contribution < -0.4 is 10.9 Å². The zero-order valence-corrected chi connectivity index (χ0v) is 13.9. The van der Waals surface area contributed by atoms with Crippen molar-refractivity contribution in [3.05, 3.63) is 58.0 Å². The van der Waals surface area contributed by atoms with Crippen LogP contribution in [0.2, 0.25) is 0 Å². The monoisotopic (exact) mass is 339 g/mol. The standard InChI is InChI=1S/C16H17N7O2/c1-10-14(16(25)19-11(2)18-10)7-8-15(24)20-12-3-5-13(6-4-12)23-9-17-21-22-23/h3-6,9H,7-8H2,1-2H3,(H,20,24)(H,18,19,25). The molecule has 0 atom stereocenters. The van der Waals surface area contributed by atoms with Crippen LogP contribution in [0.25, 0.3) is 5.69 Å². The minimum atomic E-state index is -0.191. The van der Waals surface area contributed by atoms with Crippen molar-refractivity contribution in [2.24, 2.45) is 0 Å². The second-order valence-electron chi connectivity index (χ2n) is 5.56. The molecule has 3 aromatic rings. The molecule has 0 bridgehead atoms. The maximum absolute atomic E-state index is 12.1. The topological polar surface area (TPSA) is 118 Å². The molecule has 3 rings (SSSR count). The number of carbonyl (C=O) groups is 1. The van der Waals surface area contributed by atoms with Gasteiger partial charge < -0.3 is 10.3 Å². The lowest BCUT2D eigenvalue weighted by atomic mass is 10.1. The van der Waals surface area contributed by atoms with Crippen LogP contribution >= 0.6 is 0 Å². The summed E-state index contributed by atoms with van der Waals surface area (Å²) in [5, 5.41) is 13.7. The predicted octanol–water partition coefficient (Wildman–Crippen LogP) is 0.934. The first-order valence-corrected chi connectivity index (χ1v) is 7.72. The summed E-state index contributed by atoms with van der Waals surface area (Å²) < 4.78 is 1.52. The van der Waals surface area contributed by atoms with Crippen LogP contribution in [0.3, 0.4) is 0 Å². The molecule has 9 heteroatoms. The van der Waals surface area contributed by atoms with E-state index >= 15 is 0 Å². The number of H-pyrrole nitrogens is 1. The summed E-state index contributed by atoms with van der Waals surface area (Å²) in [5.41, 5.74) is 2.45. The average Bonchev–Trinajstić information content (AvgIpc) is 3.09. The number of nitrogens with zero attached hydrogens (tertiary/aromatic N) is 5. The molecule has 0 radical (unpaired) electrons. The number of hydrogen-bond donors (Lipinski definition) is 2. The number of anilines is 1. The number of aryl methyl sites for hydroxylation is 2. The number of hydrogen-bond acceptors (Lipinski definition) is 6. The van der Waals surface area contributed by atoms with Crippen molar-refractivity contribution in [2.45, 2.75) is 26.7 Å². The van der Waals surface area contributed by atoms with Gasteiger partial charge in [-0.25, -0.2) is 9.67 Å². The smallest absolute Gasteiger partial charge is 0.254 e. The molecule has 25 heavy (non-hydrogen) atoms. The molecule has 2 heterocycles. The van der Waals surface area contributed by atoms with Gasteiger partial charge in [0.15, 0.2) is 0 Å². The highest BCUT2D eigenvalue weighted by atomic mass is 16.1. The lowest BCUT2D eigenvalue weighted by molar-refractivity contribution is -0.116. The number of benzene rings is 1. The van der Waals surface area contributed by atoms with Crippen LogP contribution in [0, 0.1) is 13.8 Å². The first-order valence-electron chi connectivity index (χ1n) is 7.72. The van der Waals surface area contributed by atoms with E-state index in [1.807, 2.05) is 0 Å². The maximum atomic E-state index is 12.1. The number of rotatable bonds is 5. The minimum Gasteiger partial charge on any atom is -0.326 e. The van der Waals surface area contributed by atoms with E-state index in [-0.39, 0.29) is 17.9 Å². The van der Waals surface area contributed by atoms with Crippen molar-refractivity contribution in [3.8, 4) is 5.69 Å². The predicted molar refractivity (Wildman–Crippen MR) is 90.4 cm³/mol. The van der Waals surface area contributed by atoms with Gasteiger partial charge in [0.2, 0.25) is 5.91 Å². The van der Waals surface area contributed by atoms with Crippen molar-refractivity contribution in [3.63, 3.8) is 0 Å². The Hall–Kier alpha value is -3.36. The van der Waals surface area contributed by atoms with E-state index in [4.69, 9.17) is 0 Å². The number of tetrazole rings is 1. The van der Waals surface area contributed by atoms with Crippen LogP contribution in [0.15, 0.2) is 35.4 Å². The summed E-state index contributed by atoms with van der Waals surface area (Å²) in [7, 11) is 0. The Bertz CT molecular complexity index is 930. The Morgan fingerprint density at radius 3 is 2.64 bits per heavy atom. The molecule has 0 unspecified atom stereocenters. The summed E-state index contributed by atoms with van der Waals surface area (Å²) in [6, 6.07) is 7.12. The molecule has 1 amide bonds. The fraction of sp³-hybridized carbons (Fsp3) is 0.250. The van der Waals surface area contributed by atoms with Gasteiger partial charge in [0.05, 0.1) is 5.69 Å². The van der Waals surface area contributed by atoms with Crippen LogP contribution in [0.1, 0.15) is 23.5 Å². The first kappa shape index (κ1) is 16.5. The van der Waals surface area contributed by atoms with E-state index in [0.717, 1.165) is 5.69 Å². The third-order valence-electron chi connectivity index (χ3n) is 3.71. The van der Waals surface area contributed by atoms with Crippen LogP contribution in [-0.4, -0.2) is 36.1 Å². The molecule has 0 aliphatic rings. The van der Waals surface area contributed by atoms with E-state index in [0.29, 0.717) is 29.2 Å². The Morgan fingerprint density at radius 1 is 1.24 bits per heavy atom. The van der Waals surface area contributed by atoms with Gasteiger partial charge in [0.1, 0.15) is 12.2 Å². The highest BCUT2D eigenvalue weighted by Crippen LogP contribution is 2.12. The van der Waals surface area contributed by atoms with Gasteiger partial charge in [0.25, 0.3) is 5.56 Å². The molecule has 2 N–H and O–H groups in total. The number of carbonyl (C=O) groups excluding carboxylic acids is 1. The fourth-order valence-electron chi connectivity index (χ4n) is 2.48. The maximum Gasteiger partial charge on any atom is 0.254 e. The summed E-state index contributed by atoms with van der Waals surface area (Å²) in [6.45, 7) is 3.50. The van der Waals surface area contributed by atoms with Gasteiger partial charge in [-0.1, -0.05) is 0 Å². The van der Waals surface area contributed by atoms with Gasteiger partial charge in [-0.3, -0.25) is 9.59 Å². The second kappa shape index (κ2) is 7.04. The Balaban J connectivity index is 1.61. The van der Waals surface area contributed by atoms with Crippen molar-refractivity contribution >= 4 is 11.6 Å². The fourth-order valence-corrected chi connectivity index (χ4v) is 2.48. The van der Waals surface area contributed by atoms with E-state index in [2.05, 4.69) is 30.8 Å². The van der Waals surface area contributed by atoms with E-state index in [1.54, 1.807) is 38.1 Å². The van der Waals surface area contributed by atoms with Crippen LogP contribution in [-0.2, 0) is 11.2 Å². The average molecular weight is 339 g/mol. The molecular formula is C16H17N7O2. The van der Waals surface area contributed by atoms with Crippen molar-refractivity contribution in [2.75, 3.05) is 5.32 Å². The largest absolute Gasteiger partial charge is 0.326 e. The summed E-state index contributed by atoms with van der Waals surface area (Å²) in [4.78, 5) is 30.9. The molecule has 9 nitrogen and oxygen atoms in total. The van der Waals surface area contributed by atoms with Crippen LogP contribution in [0.5, 0.6) is 0 Å². The number of aromatic amines is 1. The zero-order chi connectivity index (χ0) is 17.8. The number of aromatic nitrogens is 6. The molecule has 2 aromatic heterocycles. The molecule has 1 aromatic carbocycles. The van der Waals surface area contributed by atoms with Gasteiger partial charge in [-0.05, 0) is 55.0 Å². The zero-order valence-electron chi connectivity index (χ0n) is 13.9. The highest BCUT2D eigenvalue weighted by Gasteiger charge is 2.10. The van der Waals surface area contributed by atoms with Crippen molar-refractivity contribution < 1.29 is 4.79 Å². The summed E-state index contributed by atoms with van der Waals surface area (Å²) in [5.74, 6) is 0.396. The van der Waals surface area contributed by atoms with Crippen LogP contribution in [0.4, 0.5) is 5.69 Å². The Morgan fingerprint density at radius 2 is 2.00 bits per heavy atom. The van der Waals surface area contributed by atoms with Gasteiger partial charge in [-0.15, -0.1) is 5.10 Å². The SMILES string of the molecule is Cc1nc(C)c(CCC(=O)Nc2ccc(-n3cnnn3)cc2)c(=O)[nH]1. The Labute approximate surface area is 143 Å². The molecular weight excluding hydrogens is 322 g/mol. The lowest BCUT2D eigenvalue weighted by Crippen LogP contribution is -2.20. The molecule has 0 spiro atoms. The van der Waals surface area contributed by atoms with Gasteiger partial charge >= 0.3 is 0 Å². The molecule has 0 aliphatic carbocycles. The molecule has 0 aliphatic heterocycles. The van der Waals surface area contributed by atoms with E-state index in [1.165, 1.54) is 11.0 Å². The second-order valence-corrected chi connectivity index (χ2v) is 5.56. The lowest BCUT2D eigenvalue weighted by Gasteiger charge is -2.07. The number of amides is 1. The Kier molecular flexibility index (Phi) is 4.64. The number of nitrogens with one attached hydrogen (secondary N) is 2. The third kappa shape index (κ3) is 3.94. The van der Waals surface area contributed by atoms with Gasteiger partial charge in [0, 0.05) is 23.4 Å². The van der Waals surface area contributed by atoms with E-state index in [9.17, 15) is 9.59 Å². The quantitative estimate of drug-likeness (QED) is 0.714. The highest BCUT2D eigenvalue weighted by molar-refractivity contribution is 5.90. The first-order chi connectivity index (χ1) is 12.0. The molecule has 0 fully saturated rings. The molecule has 128 valence electrons. The molecule has 0 saturated carbocycles.